The van der Waals surface area contributed by atoms with Crippen molar-refractivity contribution in [1.29, 1.82) is 0 Å². The fourth-order valence-corrected chi connectivity index (χ4v) is 2.70. The number of carbonyl (C=O) groups is 5. The summed E-state index contributed by atoms with van der Waals surface area (Å²) in [5.41, 5.74) is 0. The number of hydrogen-bond donors (Lipinski definition) is 1. The van der Waals surface area contributed by atoms with E-state index in [9.17, 15) is 24.0 Å². The lowest BCUT2D eigenvalue weighted by Crippen LogP contribution is -2.66. The molecule has 1 N–H and O–H groups in total. The first-order valence-electron chi connectivity index (χ1n) is 9.28. The first-order chi connectivity index (χ1) is 14.0. The number of esters is 4. The normalized spacial score (nSPS) is 25.4. The molecule has 0 aromatic carbocycles. The van der Waals surface area contributed by atoms with Crippen molar-refractivity contribution in [1.82, 2.24) is 5.32 Å². The molecule has 12 heteroatoms. The predicted octanol–water partition coefficient (Wildman–Crippen LogP) is 0.206. The zero-order valence-electron chi connectivity index (χ0n) is 17.5. The van der Waals surface area contributed by atoms with Crippen LogP contribution < -0.4 is 5.32 Å². The quantitative estimate of drug-likeness (QED) is 0.413. The molecular weight excluding hydrogens is 406 g/mol. The molecule has 170 valence electrons. The van der Waals surface area contributed by atoms with Gasteiger partial charge in [-0.3, -0.25) is 24.5 Å². The van der Waals surface area contributed by atoms with Crippen LogP contribution in [0.15, 0.2) is 0 Å². The van der Waals surface area contributed by atoms with Gasteiger partial charge in [0, 0.05) is 27.7 Å². The highest BCUT2D eigenvalue weighted by Crippen LogP contribution is 2.28. The van der Waals surface area contributed by atoms with E-state index in [1.165, 1.54) is 0 Å². The topological polar surface area (TPSA) is 153 Å². The second-order valence-electron chi connectivity index (χ2n) is 6.40. The molecule has 0 radical (unpaired) electrons. The summed E-state index contributed by atoms with van der Waals surface area (Å²) in [7, 11) is 0. The highest BCUT2D eigenvalue weighted by atomic mass is 16.7. The van der Waals surface area contributed by atoms with Crippen LogP contribution in [0.4, 0.5) is 4.79 Å². The van der Waals surface area contributed by atoms with Crippen LogP contribution in [0.3, 0.4) is 0 Å². The molecule has 0 aromatic rings. The Morgan fingerprint density at radius 2 is 1.30 bits per heavy atom. The minimum Gasteiger partial charge on any atom is -0.463 e. The molecule has 0 saturated carbocycles. The van der Waals surface area contributed by atoms with E-state index < -0.39 is 60.6 Å². The standard InChI is InChI=1S/C18H27NO11/c1-6-7-25-18(24)19-17-16(29-12(5)23)15(28-11(4)22)14(27-10(3)21)13(30-17)8-26-9(2)20/h13-17H,6-8H2,1-5H3,(H,19,24). The maximum absolute atomic E-state index is 12.0. The Morgan fingerprint density at radius 1 is 0.767 bits per heavy atom. The summed E-state index contributed by atoms with van der Waals surface area (Å²) >= 11 is 0. The molecular formula is C18H27NO11. The smallest absolute Gasteiger partial charge is 0.409 e. The zero-order valence-corrected chi connectivity index (χ0v) is 17.5. The zero-order chi connectivity index (χ0) is 22.8. The molecule has 1 aliphatic heterocycles. The SMILES string of the molecule is CCCOC(=O)NC1OC(COC(C)=O)C(OC(C)=O)C(OC(C)=O)C1OC(C)=O. The Morgan fingerprint density at radius 3 is 1.80 bits per heavy atom. The molecule has 0 aromatic heterocycles. The molecule has 1 heterocycles. The van der Waals surface area contributed by atoms with E-state index in [-0.39, 0.29) is 13.2 Å². The van der Waals surface area contributed by atoms with Crippen LogP contribution in [0, 0.1) is 0 Å². The van der Waals surface area contributed by atoms with Gasteiger partial charge in [0.25, 0.3) is 0 Å². The van der Waals surface area contributed by atoms with E-state index in [2.05, 4.69) is 5.32 Å². The van der Waals surface area contributed by atoms with Gasteiger partial charge < -0.3 is 28.4 Å². The molecule has 12 nitrogen and oxygen atoms in total. The third-order valence-corrected chi connectivity index (χ3v) is 3.69. The maximum atomic E-state index is 12.0. The Balaban J connectivity index is 3.27. The largest absolute Gasteiger partial charge is 0.463 e. The molecule has 0 aliphatic carbocycles. The van der Waals surface area contributed by atoms with Crippen molar-refractivity contribution in [3.05, 3.63) is 0 Å². The molecule has 5 unspecified atom stereocenters. The summed E-state index contributed by atoms with van der Waals surface area (Å²) in [6, 6.07) is 0. The third kappa shape index (κ3) is 8.23. The van der Waals surface area contributed by atoms with E-state index in [1.54, 1.807) is 6.92 Å². The van der Waals surface area contributed by atoms with Crippen molar-refractivity contribution in [2.24, 2.45) is 0 Å². The van der Waals surface area contributed by atoms with Gasteiger partial charge in [0.05, 0.1) is 6.61 Å². The summed E-state index contributed by atoms with van der Waals surface area (Å²) in [5, 5.41) is 2.37. The molecule has 0 bridgehead atoms. The second-order valence-corrected chi connectivity index (χ2v) is 6.40. The van der Waals surface area contributed by atoms with Gasteiger partial charge in [0.2, 0.25) is 0 Å². The van der Waals surface area contributed by atoms with Crippen molar-refractivity contribution in [2.75, 3.05) is 13.2 Å². The molecule has 1 rings (SSSR count). The first kappa shape index (κ1) is 25.1. The van der Waals surface area contributed by atoms with Crippen LogP contribution >= 0.6 is 0 Å². The first-order valence-corrected chi connectivity index (χ1v) is 9.28. The number of nitrogens with one attached hydrogen (secondary N) is 1. The monoisotopic (exact) mass is 433 g/mol. The highest BCUT2D eigenvalue weighted by Gasteiger charge is 2.52. The predicted molar refractivity (Wildman–Crippen MR) is 96.7 cm³/mol. The summed E-state index contributed by atoms with van der Waals surface area (Å²) in [5.74, 6) is -2.92. The summed E-state index contributed by atoms with van der Waals surface area (Å²) < 4.78 is 31.2. The van der Waals surface area contributed by atoms with Gasteiger partial charge in [-0.2, -0.15) is 0 Å². The number of carbonyl (C=O) groups excluding carboxylic acids is 5. The fourth-order valence-electron chi connectivity index (χ4n) is 2.70. The van der Waals surface area contributed by atoms with Crippen molar-refractivity contribution in [2.45, 2.75) is 71.7 Å². The van der Waals surface area contributed by atoms with E-state index in [0.717, 1.165) is 27.7 Å². The lowest BCUT2D eigenvalue weighted by Gasteiger charge is -2.44. The van der Waals surface area contributed by atoms with Gasteiger partial charge in [-0.25, -0.2) is 4.79 Å². The molecule has 5 atom stereocenters. The van der Waals surface area contributed by atoms with Crippen LogP contribution in [0.2, 0.25) is 0 Å². The molecule has 1 amide bonds. The van der Waals surface area contributed by atoms with Crippen molar-refractivity contribution < 1.29 is 52.4 Å². The van der Waals surface area contributed by atoms with Gasteiger partial charge in [-0.1, -0.05) is 6.92 Å². The fraction of sp³-hybridized carbons (Fsp3) is 0.722. The van der Waals surface area contributed by atoms with E-state index >= 15 is 0 Å². The minimum absolute atomic E-state index is 0.122. The lowest BCUT2D eigenvalue weighted by atomic mass is 9.97. The Hall–Kier alpha value is -2.89. The van der Waals surface area contributed by atoms with Crippen molar-refractivity contribution in [3.63, 3.8) is 0 Å². The van der Waals surface area contributed by atoms with Crippen LogP contribution in [0.25, 0.3) is 0 Å². The Bertz CT molecular complexity index is 650. The van der Waals surface area contributed by atoms with Gasteiger partial charge in [0.1, 0.15) is 12.7 Å². The van der Waals surface area contributed by atoms with Gasteiger partial charge in [-0.15, -0.1) is 0 Å². The third-order valence-electron chi connectivity index (χ3n) is 3.69. The number of rotatable bonds is 8. The number of hydrogen-bond acceptors (Lipinski definition) is 11. The van der Waals surface area contributed by atoms with Crippen molar-refractivity contribution >= 4 is 30.0 Å². The van der Waals surface area contributed by atoms with E-state index in [1.807, 2.05) is 0 Å². The Kier molecular flexibility index (Phi) is 10.0. The van der Waals surface area contributed by atoms with Gasteiger partial charge in [-0.05, 0) is 6.42 Å². The highest BCUT2D eigenvalue weighted by molar-refractivity contribution is 5.70. The van der Waals surface area contributed by atoms with Crippen LogP contribution in [-0.2, 0) is 47.6 Å². The van der Waals surface area contributed by atoms with Crippen LogP contribution in [-0.4, -0.2) is 73.8 Å². The average molecular weight is 433 g/mol. The number of ether oxygens (including phenoxy) is 6. The van der Waals surface area contributed by atoms with Crippen molar-refractivity contribution in [3.8, 4) is 0 Å². The summed E-state index contributed by atoms with van der Waals surface area (Å²) in [6.45, 7) is 6.00. The number of alkyl carbamates (subject to hydrolysis) is 1. The van der Waals surface area contributed by atoms with Gasteiger partial charge in [0.15, 0.2) is 24.5 Å². The van der Waals surface area contributed by atoms with E-state index in [0.29, 0.717) is 6.42 Å². The molecule has 1 aliphatic rings. The second kappa shape index (κ2) is 12.0. The minimum atomic E-state index is -1.38. The molecule has 1 saturated heterocycles. The number of amides is 1. The van der Waals surface area contributed by atoms with Crippen LogP contribution in [0.5, 0.6) is 0 Å². The summed E-state index contributed by atoms with van der Waals surface area (Å²) in [6.07, 6.45) is -6.84. The molecule has 0 spiro atoms. The van der Waals surface area contributed by atoms with E-state index in [4.69, 9.17) is 28.4 Å². The van der Waals surface area contributed by atoms with Gasteiger partial charge >= 0.3 is 30.0 Å². The van der Waals surface area contributed by atoms with Crippen LogP contribution in [0.1, 0.15) is 41.0 Å². The lowest BCUT2D eigenvalue weighted by molar-refractivity contribution is -0.256. The molecule has 1 fully saturated rings. The maximum Gasteiger partial charge on any atom is 0.409 e. The summed E-state index contributed by atoms with van der Waals surface area (Å²) in [4.78, 5) is 58.2. The molecule has 30 heavy (non-hydrogen) atoms. The Labute approximate surface area is 173 Å². The average Bonchev–Trinajstić information content (AvgIpc) is 2.62.